The molecule has 2 aromatic heterocycles. The Kier molecular flexibility index (Phi) is 8.12. The first-order valence-corrected chi connectivity index (χ1v) is 18.4. The molecule has 55 heavy (non-hydrogen) atoms. The van der Waals surface area contributed by atoms with E-state index in [1.54, 1.807) is 0 Å². The summed E-state index contributed by atoms with van der Waals surface area (Å²) in [4.78, 5) is 6.98. The van der Waals surface area contributed by atoms with E-state index in [2.05, 4.69) is 163 Å². The van der Waals surface area contributed by atoms with Crippen molar-refractivity contribution in [2.75, 3.05) is 4.90 Å². The molecule has 260 valence electrons. The van der Waals surface area contributed by atoms with Crippen molar-refractivity contribution in [1.29, 1.82) is 0 Å². The fourth-order valence-corrected chi connectivity index (χ4v) is 7.24. The molecule has 10 aromatic rings. The van der Waals surface area contributed by atoms with Crippen LogP contribution in [0.25, 0.3) is 78.2 Å². The molecule has 10 rings (SSSR count). The van der Waals surface area contributed by atoms with Crippen LogP contribution in [0, 0.1) is 0 Å². The van der Waals surface area contributed by atoms with Gasteiger partial charge in [0.05, 0.1) is 0 Å². The molecule has 4 nitrogen and oxygen atoms in total. The van der Waals surface area contributed by atoms with E-state index in [0.717, 1.165) is 61.6 Å². The SMILES string of the molecule is c1ccc(-c2ccc(-c3ccc(-c4ccc(N(c5ccc(-c6cc7ccccc7o6)cc5)c5ccc(-c6nc7ccccc7o6)cc5)cc4)cc3)cc2)cc1. The van der Waals surface area contributed by atoms with Crippen molar-refractivity contribution in [1.82, 2.24) is 4.98 Å². The lowest BCUT2D eigenvalue weighted by Crippen LogP contribution is -2.09. The highest BCUT2D eigenvalue weighted by molar-refractivity contribution is 5.85. The zero-order valence-electron chi connectivity index (χ0n) is 29.8. The van der Waals surface area contributed by atoms with Gasteiger partial charge in [-0.25, -0.2) is 4.98 Å². The van der Waals surface area contributed by atoms with Gasteiger partial charge in [-0.1, -0.05) is 121 Å². The molecule has 0 fully saturated rings. The van der Waals surface area contributed by atoms with Crippen LogP contribution in [-0.2, 0) is 0 Å². The van der Waals surface area contributed by atoms with Crippen LogP contribution >= 0.6 is 0 Å². The van der Waals surface area contributed by atoms with Crippen LogP contribution < -0.4 is 4.90 Å². The molecular formula is C51H34N2O2. The van der Waals surface area contributed by atoms with Crippen molar-refractivity contribution >= 4 is 39.1 Å². The Hall–Kier alpha value is -7.43. The summed E-state index contributed by atoms with van der Waals surface area (Å²) < 4.78 is 12.3. The summed E-state index contributed by atoms with van der Waals surface area (Å²) in [5.41, 5.74) is 14.7. The van der Waals surface area contributed by atoms with Crippen LogP contribution in [0.5, 0.6) is 0 Å². The van der Waals surface area contributed by atoms with Gasteiger partial charge in [-0.2, -0.15) is 0 Å². The number of para-hydroxylation sites is 3. The number of benzene rings is 8. The maximum Gasteiger partial charge on any atom is 0.227 e. The normalized spacial score (nSPS) is 11.3. The van der Waals surface area contributed by atoms with Gasteiger partial charge in [0.1, 0.15) is 16.9 Å². The molecule has 0 N–H and O–H groups in total. The first-order valence-electron chi connectivity index (χ1n) is 18.4. The topological polar surface area (TPSA) is 42.4 Å². The molecule has 0 aliphatic rings. The molecule has 0 atom stereocenters. The number of hydrogen-bond donors (Lipinski definition) is 0. The number of rotatable bonds is 8. The van der Waals surface area contributed by atoms with Crippen molar-refractivity contribution in [3.8, 4) is 56.2 Å². The number of furan rings is 1. The van der Waals surface area contributed by atoms with Crippen LogP contribution in [0.4, 0.5) is 17.1 Å². The highest BCUT2D eigenvalue weighted by atomic mass is 16.3. The zero-order chi connectivity index (χ0) is 36.6. The van der Waals surface area contributed by atoms with Crippen molar-refractivity contribution in [2.45, 2.75) is 0 Å². The minimum absolute atomic E-state index is 0.606. The average molecular weight is 707 g/mol. The first kappa shape index (κ1) is 32.2. The van der Waals surface area contributed by atoms with Crippen LogP contribution in [-0.4, -0.2) is 4.98 Å². The predicted octanol–water partition coefficient (Wildman–Crippen LogP) is 14.4. The third-order valence-electron chi connectivity index (χ3n) is 10.2. The summed E-state index contributed by atoms with van der Waals surface area (Å²) in [5, 5.41) is 1.09. The quantitative estimate of drug-likeness (QED) is 0.158. The van der Waals surface area contributed by atoms with E-state index >= 15 is 0 Å². The Morgan fingerprint density at radius 2 is 0.745 bits per heavy atom. The summed E-state index contributed by atoms with van der Waals surface area (Å²) >= 11 is 0. The molecular weight excluding hydrogens is 673 g/mol. The maximum absolute atomic E-state index is 6.18. The summed E-state index contributed by atoms with van der Waals surface area (Å²) in [5.74, 6) is 1.45. The summed E-state index contributed by atoms with van der Waals surface area (Å²) in [7, 11) is 0. The van der Waals surface area contributed by atoms with E-state index in [4.69, 9.17) is 13.8 Å². The molecule has 0 radical (unpaired) electrons. The van der Waals surface area contributed by atoms with Gasteiger partial charge in [-0.3, -0.25) is 0 Å². The van der Waals surface area contributed by atoms with Gasteiger partial charge < -0.3 is 13.7 Å². The molecule has 8 aromatic carbocycles. The van der Waals surface area contributed by atoms with Crippen molar-refractivity contribution in [3.05, 3.63) is 206 Å². The minimum Gasteiger partial charge on any atom is -0.456 e. The van der Waals surface area contributed by atoms with Crippen LogP contribution in [0.3, 0.4) is 0 Å². The van der Waals surface area contributed by atoms with Crippen LogP contribution in [0.1, 0.15) is 0 Å². The summed E-state index contributed by atoms with van der Waals surface area (Å²) in [6, 6.07) is 71.8. The fraction of sp³-hybridized carbons (Fsp3) is 0. The van der Waals surface area contributed by atoms with Gasteiger partial charge in [0, 0.05) is 33.6 Å². The monoisotopic (exact) mass is 706 g/mol. The summed E-state index contributed by atoms with van der Waals surface area (Å²) in [6.07, 6.45) is 0. The highest BCUT2D eigenvalue weighted by Gasteiger charge is 2.16. The van der Waals surface area contributed by atoms with Gasteiger partial charge >= 0.3 is 0 Å². The van der Waals surface area contributed by atoms with Crippen LogP contribution in [0.15, 0.2) is 215 Å². The standard InChI is InChI=1S/C51H34N2O2/c1-2-8-35(9-3-1)36-14-16-37(17-15-36)38-18-20-39(21-19-38)40-22-28-44(29-23-40)53(45-30-24-41(25-31-45)50-34-43-10-4-6-12-48(43)54-50)46-32-26-42(27-33-46)51-52-47-11-5-7-13-49(47)55-51/h1-34H. The van der Waals surface area contributed by atoms with Gasteiger partial charge in [0.25, 0.3) is 0 Å². The molecule has 0 amide bonds. The van der Waals surface area contributed by atoms with E-state index in [9.17, 15) is 0 Å². The van der Waals surface area contributed by atoms with Gasteiger partial charge in [-0.15, -0.1) is 0 Å². The Bertz CT molecular complexity index is 2690. The molecule has 0 aliphatic carbocycles. The lowest BCUT2D eigenvalue weighted by atomic mass is 9.98. The Morgan fingerprint density at radius 1 is 0.327 bits per heavy atom. The second-order valence-corrected chi connectivity index (χ2v) is 13.6. The lowest BCUT2D eigenvalue weighted by Gasteiger charge is -2.26. The van der Waals surface area contributed by atoms with E-state index in [1.807, 2.05) is 48.5 Å². The maximum atomic E-state index is 6.18. The van der Waals surface area contributed by atoms with Crippen LogP contribution in [0.2, 0.25) is 0 Å². The molecule has 0 unspecified atom stereocenters. The van der Waals surface area contributed by atoms with E-state index in [1.165, 1.54) is 27.8 Å². The number of hydrogen-bond acceptors (Lipinski definition) is 4. The van der Waals surface area contributed by atoms with Gasteiger partial charge in [0.15, 0.2) is 5.58 Å². The van der Waals surface area contributed by atoms with E-state index in [-0.39, 0.29) is 0 Å². The molecule has 4 heteroatoms. The number of oxazole rings is 1. The minimum atomic E-state index is 0.606. The molecule has 0 aliphatic heterocycles. The Balaban J connectivity index is 0.948. The van der Waals surface area contributed by atoms with Gasteiger partial charge in [-0.05, 0) is 118 Å². The van der Waals surface area contributed by atoms with E-state index < -0.39 is 0 Å². The fourth-order valence-electron chi connectivity index (χ4n) is 7.24. The van der Waals surface area contributed by atoms with Crippen molar-refractivity contribution in [2.24, 2.45) is 0 Å². The third-order valence-corrected chi connectivity index (χ3v) is 10.2. The first-order chi connectivity index (χ1) is 27.2. The molecule has 2 heterocycles. The molecule has 0 saturated heterocycles. The molecule has 0 bridgehead atoms. The second kappa shape index (κ2) is 13.8. The number of nitrogens with zero attached hydrogens (tertiary/aromatic N) is 2. The average Bonchev–Trinajstić information content (AvgIpc) is 3.90. The lowest BCUT2D eigenvalue weighted by molar-refractivity contribution is 0.620. The van der Waals surface area contributed by atoms with E-state index in [0.29, 0.717) is 5.89 Å². The van der Waals surface area contributed by atoms with Gasteiger partial charge in [0.2, 0.25) is 5.89 Å². The smallest absolute Gasteiger partial charge is 0.227 e. The largest absolute Gasteiger partial charge is 0.456 e. The Labute approximate surface area is 319 Å². The number of fused-ring (bicyclic) bond motifs is 2. The second-order valence-electron chi connectivity index (χ2n) is 13.6. The third kappa shape index (κ3) is 6.36. The molecule has 0 saturated carbocycles. The molecule has 0 spiro atoms. The Morgan fingerprint density at radius 3 is 1.27 bits per heavy atom. The van der Waals surface area contributed by atoms with Crippen molar-refractivity contribution < 1.29 is 8.83 Å². The highest BCUT2D eigenvalue weighted by Crippen LogP contribution is 2.39. The van der Waals surface area contributed by atoms with Crippen molar-refractivity contribution in [3.63, 3.8) is 0 Å². The number of anilines is 3. The predicted molar refractivity (Wildman–Crippen MR) is 226 cm³/mol. The zero-order valence-corrected chi connectivity index (χ0v) is 29.8. The summed E-state index contributed by atoms with van der Waals surface area (Å²) in [6.45, 7) is 0. The number of aromatic nitrogens is 1.